The Morgan fingerprint density at radius 3 is 2.73 bits per heavy atom. The Hall–Kier alpha value is -3.15. The van der Waals surface area contributed by atoms with Crippen LogP contribution in [0.1, 0.15) is 25.0 Å². The van der Waals surface area contributed by atoms with Gasteiger partial charge in [-0.3, -0.25) is 0 Å². The minimum absolute atomic E-state index is 0.0908. The largest absolute Gasteiger partial charge is 0.489 e. The molecule has 0 saturated heterocycles. The number of aryl methyl sites for hydroxylation is 1. The van der Waals surface area contributed by atoms with Crippen LogP contribution < -0.4 is 15.4 Å². The molecule has 0 bridgehead atoms. The van der Waals surface area contributed by atoms with E-state index < -0.39 is 0 Å². The Morgan fingerprint density at radius 2 is 1.92 bits per heavy atom. The number of hydrogen-bond donors (Lipinski definition) is 2. The second-order valence-corrected chi connectivity index (χ2v) is 6.30. The molecule has 0 fully saturated rings. The molecule has 0 aliphatic carbocycles. The van der Waals surface area contributed by atoms with E-state index in [1.165, 1.54) is 11.1 Å². The summed E-state index contributed by atoms with van der Waals surface area (Å²) >= 11 is 0. The summed E-state index contributed by atoms with van der Waals surface area (Å²) < 4.78 is 5.82. The van der Waals surface area contributed by atoms with Gasteiger partial charge in [-0.1, -0.05) is 42.0 Å². The van der Waals surface area contributed by atoms with Crippen LogP contribution in [0.3, 0.4) is 0 Å². The normalized spacial score (nSPS) is 10.6. The first kappa shape index (κ1) is 17.7. The third kappa shape index (κ3) is 4.92. The molecular weight excluding hydrogens is 326 g/mol. The summed E-state index contributed by atoms with van der Waals surface area (Å²) in [5.41, 5.74) is 3.23. The molecule has 26 heavy (non-hydrogen) atoms. The maximum Gasteiger partial charge on any atom is 0.244 e. The van der Waals surface area contributed by atoms with Crippen molar-refractivity contribution < 1.29 is 4.74 Å². The van der Waals surface area contributed by atoms with Crippen molar-refractivity contribution in [1.29, 1.82) is 0 Å². The molecule has 3 aromatic rings. The van der Waals surface area contributed by atoms with Gasteiger partial charge in [-0.25, -0.2) is 0 Å². The molecule has 0 saturated carbocycles. The van der Waals surface area contributed by atoms with Gasteiger partial charge >= 0.3 is 0 Å². The zero-order valence-corrected chi connectivity index (χ0v) is 15.2. The van der Waals surface area contributed by atoms with Crippen LogP contribution in [0.4, 0.5) is 17.5 Å². The van der Waals surface area contributed by atoms with Gasteiger partial charge in [-0.15, -0.1) is 5.10 Å². The van der Waals surface area contributed by atoms with Crippen LogP contribution in [-0.4, -0.2) is 21.3 Å². The monoisotopic (exact) mass is 349 g/mol. The van der Waals surface area contributed by atoms with Crippen molar-refractivity contribution in [2.75, 3.05) is 10.6 Å². The van der Waals surface area contributed by atoms with Crippen molar-refractivity contribution in [2.24, 2.45) is 0 Å². The van der Waals surface area contributed by atoms with E-state index in [2.05, 4.69) is 50.9 Å². The Balaban J connectivity index is 1.70. The lowest BCUT2D eigenvalue weighted by Gasteiger charge is -2.15. The zero-order chi connectivity index (χ0) is 18.4. The maximum absolute atomic E-state index is 5.82. The molecular formula is C20H23N5O. The third-order valence-electron chi connectivity index (χ3n) is 3.60. The first-order valence-corrected chi connectivity index (χ1v) is 8.62. The van der Waals surface area contributed by atoms with Gasteiger partial charge in [-0.2, -0.15) is 10.1 Å². The number of aromatic nitrogens is 3. The van der Waals surface area contributed by atoms with Gasteiger partial charge in [0.15, 0.2) is 5.82 Å². The molecule has 1 heterocycles. The zero-order valence-electron chi connectivity index (χ0n) is 15.2. The Kier molecular flexibility index (Phi) is 5.63. The van der Waals surface area contributed by atoms with Gasteiger partial charge in [0.1, 0.15) is 5.75 Å². The number of nitrogens with one attached hydrogen (secondary N) is 2. The quantitative estimate of drug-likeness (QED) is 0.662. The lowest BCUT2D eigenvalue weighted by molar-refractivity contribution is 0.244. The first-order valence-electron chi connectivity index (χ1n) is 8.62. The number of anilines is 3. The van der Waals surface area contributed by atoms with Crippen molar-refractivity contribution in [1.82, 2.24) is 15.2 Å². The molecule has 134 valence electrons. The molecule has 2 N–H and O–H groups in total. The summed E-state index contributed by atoms with van der Waals surface area (Å²) in [7, 11) is 0. The van der Waals surface area contributed by atoms with Gasteiger partial charge in [0.25, 0.3) is 0 Å². The Morgan fingerprint density at radius 1 is 1.08 bits per heavy atom. The molecule has 0 amide bonds. The minimum Gasteiger partial charge on any atom is -0.489 e. The van der Waals surface area contributed by atoms with Gasteiger partial charge in [0, 0.05) is 6.54 Å². The van der Waals surface area contributed by atoms with E-state index in [0.717, 1.165) is 11.4 Å². The molecule has 6 nitrogen and oxygen atoms in total. The number of hydrogen-bond acceptors (Lipinski definition) is 6. The number of para-hydroxylation sites is 2. The van der Waals surface area contributed by atoms with Crippen LogP contribution in [0, 0.1) is 6.92 Å². The summed E-state index contributed by atoms with van der Waals surface area (Å²) in [4.78, 5) is 4.47. The van der Waals surface area contributed by atoms with Crippen LogP contribution in [0.5, 0.6) is 5.75 Å². The molecule has 0 aliphatic heterocycles. The standard InChI is InChI=1S/C20H23N5O/c1-14(2)26-18-10-5-4-9-17(18)23-19-13-22-25-20(24-19)21-12-16-8-6-7-15(3)11-16/h4-11,13-14H,12H2,1-3H3,(H2,21,23,24,25). The van der Waals surface area contributed by atoms with Crippen molar-refractivity contribution in [3.8, 4) is 5.75 Å². The number of rotatable bonds is 7. The molecule has 6 heteroatoms. The van der Waals surface area contributed by atoms with Crippen molar-refractivity contribution in [2.45, 2.75) is 33.4 Å². The molecule has 3 rings (SSSR count). The second kappa shape index (κ2) is 8.29. The van der Waals surface area contributed by atoms with Crippen molar-refractivity contribution >= 4 is 17.5 Å². The van der Waals surface area contributed by atoms with Crippen LogP contribution in [0.15, 0.2) is 54.7 Å². The van der Waals surface area contributed by atoms with Crippen molar-refractivity contribution in [3.63, 3.8) is 0 Å². The van der Waals surface area contributed by atoms with E-state index in [1.807, 2.05) is 44.2 Å². The Bertz CT molecular complexity index is 866. The van der Waals surface area contributed by atoms with E-state index in [4.69, 9.17) is 4.74 Å². The van der Waals surface area contributed by atoms with Crippen LogP contribution in [0.2, 0.25) is 0 Å². The lowest BCUT2D eigenvalue weighted by atomic mass is 10.1. The predicted octanol–water partition coefficient (Wildman–Crippen LogP) is 4.32. The highest BCUT2D eigenvalue weighted by Gasteiger charge is 2.07. The Labute approximate surface area is 153 Å². The first-order chi connectivity index (χ1) is 12.6. The second-order valence-electron chi connectivity index (χ2n) is 6.30. The fourth-order valence-corrected chi connectivity index (χ4v) is 2.51. The minimum atomic E-state index is 0.0908. The van der Waals surface area contributed by atoms with Crippen LogP contribution >= 0.6 is 0 Å². The highest BCUT2D eigenvalue weighted by Crippen LogP contribution is 2.27. The topological polar surface area (TPSA) is 72.0 Å². The van der Waals surface area contributed by atoms with Crippen LogP contribution in [-0.2, 0) is 6.54 Å². The van der Waals surface area contributed by atoms with Gasteiger partial charge in [-0.05, 0) is 38.5 Å². The average Bonchev–Trinajstić information content (AvgIpc) is 2.62. The molecule has 1 aromatic heterocycles. The third-order valence-corrected chi connectivity index (χ3v) is 3.60. The van der Waals surface area contributed by atoms with Gasteiger partial charge in [0.2, 0.25) is 5.95 Å². The van der Waals surface area contributed by atoms with Gasteiger partial charge < -0.3 is 15.4 Å². The van der Waals surface area contributed by atoms with E-state index >= 15 is 0 Å². The van der Waals surface area contributed by atoms with E-state index in [1.54, 1.807) is 6.20 Å². The smallest absolute Gasteiger partial charge is 0.244 e. The predicted molar refractivity (Wildman–Crippen MR) is 104 cm³/mol. The fourth-order valence-electron chi connectivity index (χ4n) is 2.51. The summed E-state index contributed by atoms with van der Waals surface area (Å²) in [6.07, 6.45) is 1.68. The SMILES string of the molecule is Cc1cccc(CNc2nncc(Nc3ccccc3OC(C)C)n2)c1. The maximum atomic E-state index is 5.82. The molecule has 0 atom stereocenters. The number of nitrogens with zero attached hydrogens (tertiary/aromatic N) is 3. The highest BCUT2D eigenvalue weighted by atomic mass is 16.5. The van der Waals surface area contributed by atoms with Crippen LogP contribution in [0.25, 0.3) is 0 Å². The number of benzene rings is 2. The molecule has 0 aliphatic rings. The summed E-state index contributed by atoms with van der Waals surface area (Å²) in [5, 5.41) is 14.5. The fraction of sp³-hybridized carbons (Fsp3) is 0.250. The molecule has 0 radical (unpaired) electrons. The van der Waals surface area contributed by atoms with Gasteiger partial charge in [0.05, 0.1) is 18.0 Å². The molecule has 0 unspecified atom stereocenters. The average molecular weight is 349 g/mol. The van der Waals surface area contributed by atoms with E-state index in [-0.39, 0.29) is 6.10 Å². The lowest BCUT2D eigenvalue weighted by Crippen LogP contribution is -2.09. The van der Waals surface area contributed by atoms with E-state index in [9.17, 15) is 0 Å². The molecule has 2 aromatic carbocycles. The molecule has 0 spiro atoms. The summed E-state index contributed by atoms with van der Waals surface area (Å²) in [6.45, 7) is 6.70. The van der Waals surface area contributed by atoms with E-state index in [0.29, 0.717) is 18.3 Å². The highest BCUT2D eigenvalue weighted by molar-refractivity contribution is 5.64. The van der Waals surface area contributed by atoms with Crippen molar-refractivity contribution in [3.05, 3.63) is 65.9 Å². The summed E-state index contributed by atoms with van der Waals surface area (Å²) in [5.74, 6) is 1.85. The summed E-state index contributed by atoms with van der Waals surface area (Å²) in [6, 6.07) is 16.1. The number of ether oxygens (including phenoxy) is 1.